The molecule has 0 radical (unpaired) electrons. The van der Waals surface area contributed by atoms with Crippen LogP contribution in [0.2, 0.25) is 0 Å². The maximum Gasteiger partial charge on any atom is 0.230 e. The summed E-state index contributed by atoms with van der Waals surface area (Å²) in [5.41, 5.74) is 1.42. The van der Waals surface area contributed by atoms with E-state index in [4.69, 9.17) is 9.15 Å². The highest BCUT2D eigenvalue weighted by Crippen LogP contribution is 2.29. The minimum atomic E-state index is -0.157. The van der Waals surface area contributed by atoms with E-state index in [1.54, 1.807) is 25.4 Å². The fraction of sp³-hybridized carbons (Fsp3) is 0.0714. The smallest absolute Gasteiger partial charge is 0.230 e. The maximum absolute atomic E-state index is 12.3. The van der Waals surface area contributed by atoms with Crippen LogP contribution in [-0.2, 0) is 0 Å². The van der Waals surface area contributed by atoms with E-state index < -0.39 is 0 Å². The lowest BCUT2D eigenvalue weighted by Crippen LogP contribution is -1.99. The molecule has 3 aromatic rings. The molecule has 0 amide bonds. The molecule has 0 saturated heterocycles. The Morgan fingerprint density at radius 2 is 2.17 bits per heavy atom. The van der Waals surface area contributed by atoms with Crippen LogP contribution in [0.25, 0.3) is 10.9 Å². The molecule has 4 heteroatoms. The quantitative estimate of drug-likeness (QED) is 0.717. The van der Waals surface area contributed by atoms with Crippen LogP contribution in [0.4, 0.5) is 0 Å². The third kappa shape index (κ3) is 1.50. The number of hydrogen-bond donors (Lipinski definition) is 1. The Labute approximate surface area is 103 Å². The van der Waals surface area contributed by atoms with Crippen LogP contribution >= 0.6 is 0 Å². The van der Waals surface area contributed by atoms with Crippen molar-refractivity contribution in [3.8, 4) is 5.75 Å². The van der Waals surface area contributed by atoms with E-state index in [9.17, 15) is 4.79 Å². The van der Waals surface area contributed by atoms with Gasteiger partial charge in [0.1, 0.15) is 5.75 Å². The van der Waals surface area contributed by atoms with Gasteiger partial charge in [0.25, 0.3) is 0 Å². The molecule has 0 bridgehead atoms. The minimum absolute atomic E-state index is 0.157. The van der Waals surface area contributed by atoms with E-state index in [2.05, 4.69) is 4.98 Å². The number of H-pyrrole nitrogens is 1. The van der Waals surface area contributed by atoms with Crippen molar-refractivity contribution in [3.05, 3.63) is 54.1 Å². The van der Waals surface area contributed by atoms with Crippen molar-refractivity contribution in [1.29, 1.82) is 0 Å². The normalized spacial score (nSPS) is 10.7. The van der Waals surface area contributed by atoms with E-state index >= 15 is 0 Å². The zero-order valence-corrected chi connectivity index (χ0v) is 9.77. The number of carbonyl (C=O) groups is 1. The first kappa shape index (κ1) is 10.7. The summed E-state index contributed by atoms with van der Waals surface area (Å²) < 4.78 is 10.4. The number of ketones is 1. The van der Waals surface area contributed by atoms with Gasteiger partial charge in [0.15, 0.2) is 5.76 Å². The molecule has 2 aromatic heterocycles. The molecule has 2 heterocycles. The summed E-state index contributed by atoms with van der Waals surface area (Å²) in [5, 5.41) is 0.779. The van der Waals surface area contributed by atoms with Gasteiger partial charge in [0, 0.05) is 11.7 Å². The molecule has 1 N–H and O–H groups in total. The summed E-state index contributed by atoms with van der Waals surface area (Å²) in [5.74, 6) is 0.834. The van der Waals surface area contributed by atoms with Gasteiger partial charge in [-0.15, -0.1) is 0 Å². The molecule has 3 rings (SSSR count). The number of hydrogen-bond acceptors (Lipinski definition) is 3. The van der Waals surface area contributed by atoms with Crippen LogP contribution in [0, 0.1) is 0 Å². The highest BCUT2D eigenvalue weighted by molar-refractivity contribution is 6.16. The average Bonchev–Trinajstić information content (AvgIpc) is 3.06. The van der Waals surface area contributed by atoms with Crippen LogP contribution in [0.3, 0.4) is 0 Å². The topological polar surface area (TPSA) is 55.2 Å². The van der Waals surface area contributed by atoms with E-state index in [0.29, 0.717) is 17.1 Å². The molecule has 0 aliphatic rings. The van der Waals surface area contributed by atoms with Crippen LogP contribution in [0.15, 0.2) is 47.2 Å². The van der Waals surface area contributed by atoms with Gasteiger partial charge in [-0.05, 0) is 24.3 Å². The third-order valence-electron chi connectivity index (χ3n) is 2.88. The number of furan rings is 1. The standard InChI is InChI=1S/C14H11NO3/c1-17-11-5-2-4-10-13(11)9(8-15-10)14(16)12-6-3-7-18-12/h2-8,15H,1H3. The second-order valence-electron chi connectivity index (χ2n) is 3.89. The first-order valence-corrected chi connectivity index (χ1v) is 5.53. The van der Waals surface area contributed by atoms with E-state index in [1.807, 2.05) is 18.2 Å². The fourth-order valence-corrected chi connectivity index (χ4v) is 2.04. The molecular formula is C14H11NO3. The Morgan fingerprint density at radius 1 is 1.28 bits per heavy atom. The first-order chi connectivity index (χ1) is 8.81. The third-order valence-corrected chi connectivity index (χ3v) is 2.88. The molecule has 1 aromatic carbocycles. The summed E-state index contributed by atoms with van der Waals surface area (Å²) in [6.07, 6.45) is 3.16. The van der Waals surface area contributed by atoms with E-state index in [0.717, 1.165) is 10.9 Å². The SMILES string of the molecule is COc1cccc2[nH]cc(C(=O)c3ccco3)c12. The lowest BCUT2D eigenvalue weighted by Gasteiger charge is -2.03. The Kier molecular flexibility index (Phi) is 2.41. The zero-order valence-electron chi connectivity index (χ0n) is 9.77. The predicted molar refractivity (Wildman–Crippen MR) is 67.0 cm³/mol. The van der Waals surface area contributed by atoms with Gasteiger partial charge in [-0.2, -0.15) is 0 Å². The van der Waals surface area contributed by atoms with Gasteiger partial charge in [0.05, 0.1) is 24.3 Å². The number of nitrogens with one attached hydrogen (secondary N) is 1. The van der Waals surface area contributed by atoms with Crippen LogP contribution < -0.4 is 4.74 Å². The fourth-order valence-electron chi connectivity index (χ4n) is 2.04. The lowest BCUT2D eigenvalue weighted by atomic mass is 10.1. The van der Waals surface area contributed by atoms with Gasteiger partial charge in [-0.25, -0.2) is 0 Å². The summed E-state index contributed by atoms with van der Waals surface area (Å²) in [6.45, 7) is 0. The molecule has 0 fully saturated rings. The molecule has 0 spiro atoms. The number of ether oxygens (including phenoxy) is 1. The number of fused-ring (bicyclic) bond motifs is 1. The van der Waals surface area contributed by atoms with Crippen molar-refractivity contribution in [3.63, 3.8) is 0 Å². The maximum atomic E-state index is 12.3. The number of rotatable bonds is 3. The van der Waals surface area contributed by atoms with Gasteiger partial charge in [-0.3, -0.25) is 4.79 Å². The van der Waals surface area contributed by atoms with Crippen molar-refractivity contribution in [2.75, 3.05) is 7.11 Å². The molecule has 18 heavy (non-hydrogen) atoms. The Balaban J connectivity index is 2.21. The Hall–Kier alpha value is -2.49. The van der Waals surface area contributed by atoms with Crippen molar-refractivity contribution in [1.82, 2.24) is 4.98 Å². The lowest BCUT2D eigenvalue weighted by molar-refractivity contribution is 0.101. The molecule has 0 atom stereocenters. The highest BCUT2D eigenvalue weighted by Gasteiger charge is 2.18. The van der Waals surface area contributed by atoms with Crippen LogP contribution in [0.1, 0.15) is 16.1 Å². The van der Waals surface area contributed by atoms with Crippen molar-refractivity contribution in [2.24, 2.45) is 0 Å². The predicted octanol–water partition coefficient (Wildman–Crippen LogP) is 3.00. The average molecular weight is 241 g/mol. The Bertz CT molecular complexity index is 695. The number of methoxy groups -OCH3 is 1. The molecule has 0 aliphatic heterocycles. The number of aromatic nitrogens is 1. The summed E-state index contributed by atoms with van der Waals surface area (Å²) in [7, 11) is 1.59. The monoisotopic (exact) mass is 241 g/mol. The van der Waals surface area contributed by atoms with Crippen LogP contribution in [-0.4, -0.2) is 17.9 Å². The molecule has 4 nitrogen and oxygen atoms in total. The molecular weight excluding hydrogens is 230 g/mol. The molecule has 90 valence electrons. The second-order valence-corrected chi connectivity index (χ2v) is 3.89. The van der Waals surface area contributed by atoms with Crippen molar-refractivity contribution >= 4 is 16.7 Å². The summed E-state index contributed by atoms with van der Waals surface area (Å²) >= 11 is 0. The summed E-state index contributed by atoms with van der Waals surface area (Å²) in [4.78, 5) is 15.3. The summed E-state index contributed by atoms with van der Waals surface area (Å²) in [6, 6.07) is 8.95. The minimum Gasteiger partial charge on any atom is -0.496 e. The van der Waals surface area contributed by atoms with Gasteiger partial charge < -0.3 is 14.1 Å². The zero-order chi connectivity index (χ0) is 12.5. The number of benzene rings is 1. The van der Waals surface area contributed by atoms with Crippen molar-refractivity contribution in [2.45, 2.75) is 0 Å². The molecule has 0 saturated carbocycles. The van der Waals surface area contributed by atoms with Crippen LogP contribution in [0.5, 0.6) is 5.75 Å². The molecule has 0 unspecified atom stereocenters. The van der Waals surface area contributed by atoms with Gasteiger partial charge >= 0.3 is 0 Å². The van der Waals surface area contributed by atoms with E-state index in [-0.39, 0.29) is 5.78 Å². The van der Waals surface area contributed by atoms with E-state index in [1.165, 1.54) is 6.26 Å². The second kappa shape index (κ2) is 4.07. The number of aromatic amines is 1. The Morgan fingerprint density at radius 3 is 2.89 bits per heavy atom. The molecule has 0 aliphatic carbocycles. The van der Waals surface area contributed by atoms with Crippen molar-refractivity contribution < 1.29 is 13.9 Å². The highest BCUT2D eigenvalue weighted by atomic mass is 16.5. The number of carbonyl (C=O) groups excluding carboxylic acids is 1. The largest absolute Gasteiger partial charge is 0.496 e. The van der Waals surface area contributed by atoms with Gasteiger partial charge in [-0.1, -0.05) is 6.07 Å². The van der Waals surface area contributed by atoms with Gasteiger partial charge in [0.2, 0.25) is 5.78 Å². The first-order valence-electron chi connectivity index (χ1n) is 5.53.